The van der Waals surface area contributed by atoms with Crippen molar-refractivity contribution in [2.75, 3.05) is 29.9 Å². The van der Waals surface area contributed by atoms with Crippen molar-refractivity contribution in [3.8, 4) is 17.0 Å². The largest absolute Gasteiger partial charge is 0.491 e. The van der Waals surface area contributed by atoms with Crippen LogP contribution in [0.3, 0.4) is 0 Å². The van der Waals surface area contributed by atoms with E-state index >= 15 is 0 Å². The Bertz CT molecular complexity index is 822. The van der Waals surface area contributed by atoms with Crippen molar-refractivity contribution in [2.24, 2.45) is 0 Å². The summed E-state index contributed by atoms with van der Waals surface area (Å²) in [6, 6.07) is 5.53. The highest BCUT2D eigenvalue weighted by atomic mass is 16.5. The van der Waals surface area contributed by atoms with Gasteiger partial charge in [-0.05, 0) is 12.1 Å². The van der Waals surface area contributed by atoms with Crippen LogP contribution < -0.4 is 21.5 Å². The number of rotatable bonds is 1. The summed E-state index contributed by atoms with van der Waals surface area (Å²) in [4.78, 5) is 8.09. The van der Waals surface area contributed by atoms with Gasteiger partial charge in [-0.3, -0.25) is 5.10 Å². The third-order valence-electron chi connectivity index (χ3n) is 3.34. The standard InChI is InChI=1S/C13H13N7O/c14-10-5-7(17-13(15)18-10)6-3-8-11-9(4-6)21-2-1-16-12(11)20-19-8/h3-5H,1-2H2,(H2,16,19,20)(H4,14,15,17,18). The quantitative estimate of drug-likeness (QED) is 0.524. The van der Waals surface area contributed by atoms with Gasteiger partial charge in [0.2, 0.25) is 5.95 Å². The third-order valence-corrected chi connectivity index (χ3v) is 3.34. The van der Waals surface area contributed by atoms with Crippen molar-refractivity contribution in [1.82, 2.24) is 20.2 Å². The number of benzene rings is 1. The third kappa shape index (κ3) is 1.88. The van der Waals surface area contributed by atoms with Crippen molar-refractivity contribution < 1.29 is 4.74 Å². The maximum atomic E-state index is 5.77. The van der Waals surface area contributed by atoms with Crippen LogP contribution in [0.2, 0.25) is 0 Å². The number of nitrogen functional groups attached to an aromatic ring is 2. The van der Waals surface area contributed by atoms with Crippen LogP contribution >= 0.6 is 0 Å². The molecule has 8 heteroatoms. The number of aromatic nitrogens is 4. The van der Waals surface area contributed by atoms with Gasteiger partial charge in [0, 0.05) is 11.6 Å². The highest BCUT2D eigenvalue weighted by Crippen LogP contribution is 2.36. The highest BCUT2D eigenvalue weighted by molar-refractivity contribution is 5.98. The van der Waals surface area contributed by atoms with E-state index in [2.05, 4.69) is 25.5 Å². The molecule has 0 spiro atoms. The Balaban J connectivity index is 1.95. The summed E-state index contributed by atoms with van der Waals surface area (Å²) in [5, 5.41) is 11.4. The molecular weight excluding hydrogens is 270 g/mol. The minimum absolute atomic E-state index is 0.142. The van der Waals surface area contributed by atoms with E-state index in [9.17, 15) is 0 Å². The molecule has 0 atom stereocenters. The molecule has 0 saturated carbocycles. The van der Waals surface area contributed by atoms with E-state index in [-0.39, 0.29) is 5.95 Å². The van der Waals surface area contributed by atoms with Crippen LogP contribution in [-0.2, 0) is 0 Å². The highest BCUT2D eigenvalue weighted by Gasteiger charge is 2.17. The lowest BCUT2D eigenvalue weighted by atomic mass is 10.1. The number of nitrogens with one attached hydrogen (secondary N) is 2. The van der Waals surface area contributed by atoms with E-state index < -0.39 is 0 Å². The summed E-state index contributed by atoms with van der Waals surface area (Å²) < 4.78 is 5.77. The van der Waals surface area contributed by atoms with Crippen LogP contribution in [0.4, 0.5) is 17.6 Å². The first-order valence-electron chi connectivity index (χ1n) is 6.50. The fraction of sp³-hybridized carbons (Fsp3) is 0.154. The fourth-order valence-electron chi connectivity index (χ4n) is 2.47. The lowest BCUT2D eigenvalue weighted by molar-refractivity contribution is 0.339. The molecule has 0 unspecified atom stereocenters. The molecule has 0 radical (unpaired) electrons. The molecule has 1 aliphatic rings. The smallest absolute Gasteiger partial charge is 0.222 e. The van der Waals surface area contributed by atoms with Crippen molar-refractivity contribution in [1.29, 1.82) is 0 Å². The molecule has 3 aromatic rings. The first-order chi connectivity index (χ1) is 10.2. The van der Waals surface area contributed by atoms with E-state index in [4.69, 9.17) is 16.2 Å². The molecule has 3 heterocycles. The van der Waals surface area contributed by atoms with Gasteiger partial charge in [0.05, 0.1) is 23.1 Å². The zero-order valence-electron chi connectivity index (χ0n) is 11.1. The zero-order chi connectivity index (χ0) is 14.4. The SMILES string of the molecule is Nc1cc(-c2cc3c4c(n[nH]c4c2)NCCO3)nc(N)n1. The first kappa shape index (κ1) is 11.8. The lowest BCUT2D eigenvalue weighted by Crippen LogP contribution is -2.08. The van der Waals surface area contributed by atoms with Gasteiger partial charge >= 0.3 is 0 Å². The van der Waals surface area contributed by atoms with Gasteiger partial charge in [-0.1, -0.05) is 0 Å². The van der Waals surface area contributed by atoms with Gasteiger partial charge in [-0.15, -0.1) is 0 Å². The number of hydrogen-bond donors (Lipinski definition) is 4. The van der Waals surface area contributed by atoms with Crippen molar-refractivity contribution in [3.63, 3.8) is 0 Å². The molecule has 0 fully saturated rings. The van der Waals surface area contributed by atoms with E-state index in [0.29, 0.717) is 24.7 Å². The Hall–Kier alpha value is -3.03. The summed E-state index contributed by atoms with van der Waals surface area (Å²) in [6.45, 7) is 1.28. The van der Waals surface area contributed by atoms with Crippen LogP contribution in [0.25, 0.3) is 22.2 Å². The number of aromatic amines is 1. The van der Waals surface area contributed by atoms with Gasteiger partial charge in [0.25, 0.3) is 0 Å². The van der Waals surface area contributed by atoms with Crippen LogP contribution in [0.1, 0.15) is 0 Å². The van der Waals surface area contributed by atoms with Crippen LogP contribution in [0, 0.1) is 0 Å². The number of ether oxygens (including phenoxy) is 1. The van der Waals surface area contributed by atoms with Crippen molar-refractivity contribution >= 4 is 28.5 Å². The molecule has 1 aromatic carbocycles. The molecule has 0 saturated heterocycles. The molecular formula is C13H13N7O. The maximum Gasteiger partial charge on any atom is 0.222 e. The van der Waals surface area contributed by atoms with E-state index in [1.54, 1.807) is 6.07 Å². The van der Waals surface area contributed by atoms with Crippen molar-refractivity contribution in [3.05, 3.63) is 18.2 Å². The monoisotopic (exact) mass is 283 g/mol. The molecule has 8 nitrogen and oxygen atoms in total. The summed E-state index contributed by atoms with van der Waals surface area (Å²) in [5.41, 5.74) is 13.7. The summed E-state index contributed by atoms with van der Waals surface area (Å²) >= 11 is 0. The Kier molecular flexibility index (Phi) is 2.37. The first-order valence-corrected chi connectivity index (χ1v) is 6.50. The molecule has 4 rings (SSSR count). The van der Waals surface area contributed by atoms with Crippen LogP contribution in [0.15, 0.2) is 18.2 Å². The normalized spacial score (nSPS) is 13.5. The molecule has 21 heavy (non-hydrogen) atoms. The Morgan fingerprint density at radius 3 is 2.90 bits per heavy atom. The van der Waals surface area contributed by atoms with Crippen LogP contribution in [-0.4, -0.2) is 33.3 Å². The minimum Gasteiger partial charge on any atom is -0.491 e. The van der Waals surface area contributed by atoms with Gasteiger partial charge in [-0.25, -0.2) is 4.98 Å². The van der Waals surface area contributed by atoms with Crippen molar-refractivity contribution in [2.45, 2.75) is 0 Å². The van der Waals surface area contributed by atoms with E-state index in [1.165, 1.54) is 0 Å². The molecule has 2 aromatic heterocycles. The fourth-order valence-corrected chi connectivity index (χ4v) is 2.47. The second-order valence-corrected chi connectivity index (χ2v) is 4.78. The average Bonchev–Trinajstić information content (AvgIpc) is 2.73. The van der Waals surface area contributed by atoms with E-state index in [1.807, 2.05) is 12.1 Å². The Morgan fingerprint density at radius 2 is 2.05 bits per heavy atom. The zero-order valence-corrected chi connectivity index (χ0v) is 11.1. The summed E-state index contributed by atoms with van der Waals surface area (Å²) in [5.74, 6) is 2.03. The number of nitrogens with zero attached hydrogens (tertiary/aromatic N) is 3. The summed E-state index contributed by atoms with van der Waals surface area (Å²) in [7, 11) is 0. The number of hydrogen-bond acceptors (Lipinski definition) is 7. The van der Waals surface area contributed by atoms with Gasteiger partial charge in [-0.2, -0.15) is 10.1 Å². The summed E-state index contributed by atoms with van der Waals surface area (Å²) in [6.07, 6.45) is 0. The molecule has 6 N–H and O–H groups in total. The number of anilines is 3. The predicted molar refractivity (Wildman–Crippen MR) is 79.9 cm³/mol. The van der Waals surface area contributed by atoms with Gasteiger partial charge < -0.3 is 21.5 Å². The lowest BCUT2D eigenvalue weighted by Gasteiger charge is -2.08. The van der Waals surface area contributed by atoms with Gasteiger partial charge in [0.1, 0.15) is 18.2 Å². The predicted octanol–water partition coefficient (Wildman–Crippen LogP) is 0.989. The molecule has 106 valence electrons. The second kappa shape index (κ2) is 4.23. The Labute approximate surface area is 119 Å². The average molecular weight is 283 g/mol. The second-order valence-electron chi connectivity index (χ2n) is 4.78. The Morgan fingerprint density at radius 1 is 1.14 bits per heavy atom. The maximum absolute atomic E-state index is 5.77. The molecule has 0 amide bonds. The topological polar surface area (TPSA) is 128 Å². The van der Waals surface area contributed by atoms with E-state index in [0.717, 1.165) is 28.0 Å². The number of nitrogens with two attached hydrogens (primary N) is 2. The minimum atomic E-state index is 0.142. The number of H-pyrrole nitrogens is 1. The molecule has 0 bridgehead atoms. The van der Waals surface area contributed by atoms with Gasteiger partial charge in [0.15, 0.2) is 5.82 Å². The van der Waals surface area contributed by atoms with Crippen LogP contribution in [0.5, 0.6) is 5.75 Å². The molecule has 0 aliphatic carbocycles. The molecule has 1 aliphatic heterocycles.